The van der Waals surface area contributed by atoms with Gasteiger partial charge in [0.2, 0.25) is 0 Å². The Hall–Kier alpha value is -3.15. The Morgan fingerprint density at radius 3 is 2.26 bits per heavy atom. The van der Waals surface area contributed by atoms with Crippen molar-refractivity contribution in [3.05, 3.63) is 65.7 Å². The number of amides is 1. The molecular formula is C21H23NO5. The van der Waals surface area contributed by atoms with Crippen LogP contribution >= 0.6 is 0 Å². The number of hydrogen-bond donors (Lipinski definition) is 1. The van der Waals surface area contributed by atoms with Gasteiger partial charge in [-0.1, -0.05) is 49.4 Å². The summed E-state index contributed by atoms with van der Waals surface area (Å²) < 4.78 is 10.1. The summed E-state index contributed by atoms with van der Waals surface area (Å²) in [5.41, 5.74) is 1.40. The van der Waals surface area contributed by atoms with Crippen LogP contribution < -0.4 is 5.32 Å². The average molecular weight is 369 g/mol. The Balaban J connectivity index is 1.97. The third-order valence-corrected chi connectivity index (χ3v) is 3.94. The number of anilines is 1. The van der Waals surface area contributed by atoms with E-state index in [0.717, 1.165) is 5.56 Å². The fourth-order valence-corrected chi connectivity index (χ4v) is 2.63. The molecule has 2 aromatic rings. The lowest BCUT2D eigenvalue weighted by atomic mass is 9.97. The van der Waals surface area contributed by atoms with Crippen LogP contribution in [0.5, 0.6) is 0 Å². The zero-order valence-corrected chi connectivity index (χ0v) is 15.4. The minimum absolute atomic E-state index is 0.233. The number of benzene rings is 2. The summed E-state index contributed by atoms with van der Waals surface area (Å²) in [6.45, 7) is 3.39. The lowest BCUT2D eigenvalue weighted by Gasteiger charge is -2.15. The highest BCUT2D eigenvalue weighted by molar-refractivity contribution is 6.02. The predicted octanol–water partition coefficient (Wildman–Crippen LogP) is 3.54. The van der Waals surface area contributed by atoms with Crippen molar-refractivity contribution in [3.8, 4) is 0 Å². The van der Waals surface area contributed by atoms with E-state index in [0.29, 0.717) is 12.1 Å². The first kappa shape index (κ1) is 20.2. The molecule has 1 amide bonds. The van der Waals surface area contributed by atoms with E-state index in [4.69, 9.17) is 9.47 Å². The first-order valence-electron chi connectivity index (χ1n) is 8.84. The van der Waals surface area contributed by atoms with E-state index < -0.39 is 30.4 Å². The molecule has 27 heavy (non-hydrogen) atoms. The molecule has 0 aliphatic heterocycles. The summed E-state index contributed by atoms with van der Waals surface area (Å²) in [4.78, 5) is 36.4. The molecule has 0 aliphatic carbocycles. The Morgan fingerprint density at radius 1 is 0.926 bits per heavy atom. The normalized spacial score (nSPS) is 11.3. The van der Waals surface area contributed by atoms with Gasteiger partial charge >= 0.3 is 11.9 Å². The molecule has 0 bridgehead atoms. The molecule has 0 spiro atoms. The van der Waals surface area contributed by atoms with Crippen molar-refractivity contribution in [2.24, 2.45) is 0 Å². The molecule has 0 saturated carbocycles. The molecule has 142 valence electrons. The first-order valence-corrected chi connectivity index (χ1v) is 8.84. The molecule has 6 heteroatoms. The number of carbonyl (C=O) groups excluding carboxylic acids is 3. The van der Waals surface area contributed by atoms with E-state index in [1.807, 2.05) is 37.3 Å². The molecule has 1 N–H and O–H groups in total. The Kier molecular flexibility index (Phi) is 7.55. The lowest BCUT2D eigenvalue weighted by molar-refractivity contribution is -0.149. The summed E-state index contributed by atoms with van der Waals surface area (Å²) >= 11 is 0. The van der Waals surface area contributed by atoms with Gasteiger partial charge in [-0.2, -0.15) is 0 Å². The highest BCUT2D eigenvalue weighted by Crippen LogP contribution is 2.21. The number of para-hydroxylation sites is 1. The number of rotatable bonds is 8. The zero-order valence-electron chi connectivity index (χ0n) is 15.4. The average Bonchev–Trinajstić information content (AvgIpc) is 2.68. The fourth-order valence-electron chi connectivity index (χ4n) is 2.63. The SMILES string of the molecule is CCOC(=O)c1ccccc1NC(=O)COC(=O)[C@@H](CC)c1ccccc1. The third kappa shape index (κ3) is 5.67. The van der Waals surface area contributed by atoms with Crippen molar-refractivity contribution in [2.75, 3.05) is 18.5 Å². The number of carbonyl (C=O) groups is 3. The van der Waals surface area contributed by atoms with Gasteiger partial charge < -0.3 is 14.8 Å². The lowest BCUT2D eigenvalue weighted by Crippen LogP contribution is -2.24. The molecule has 0 radical (unpaired) electrons. The largest absolute Gasteiger partial charge is 0.462 e. The van der Waals surface area contributed by atoms with Crippen molar-refractivity contribution < 1.29 is 23.9 Å². The summed E-state index contributed by atoms with van der Waals surface area (Å²) in [5, 5.41) is 2.58. The maximum absolute atomic E-state index is 12.3. The molecule has 6 nitrogen and oxygen atoms in total. The zero-order chi connectivity index (χ0) is 19.6. The van der Waals surface area contributed by atoms with E-state index in [-0.39, 0.29) is 12.2 Å². The topological polar surface area (TPSA) is 81.7 Å². The number of nitrogens with one attached hydrogen (secondary N) is 1. The van der Waals surface area contributed by atoms with Crippen LogP contribution in [0.1, 0.15) is 42.1 Å². The molecular weight excluding hydrogens is 346 g/mol. The number of esters is 2. The second-order valence-corrected chi connectivity index (χ2v) is 5.79. The second-order valence-electron chi connectivity index (χ2n) is 5.79. The molecule has 1 atom stereocenters. The maximum atomic E-state index is 12.3. The highest BCUT2D eigenvalue weighted by Gasteiger charge is 2.21. The van der Waals surface area contributed by atoms with E-state index in [2.05, 4.69) is 5.32 Å². The molecule has 0 aliphatic rings. The summed E-state index contributed by atoms with van der Waals surface area (Å²) in [7, 11) is 0. The van der Waals surface area contributed by atoms with E-state index >= 15 is 0 Å². The Bertz CT molecular complexity index is 788. The fraction of sp³-hybridized carbons (Fsp3) is 0.286. The van der Waals surface area contributed by atoms with Crippen molar-refractivity contribution in [3.63, 3.8) is 0 Å². The summed E-state index contributed by atoms with van der Waals surface area (Å²) in [5.74, 6) is -1.94. The van der Waals surface area contributed by atoms with Gasteiger partial charge in [0.05, 0.1) is 23.8 Å². The molecule has 0 fully saturated rings. The van der Waals surface area contributed by atoms with Crippen LogP contribution in [0.4, 0.5) is 5.69 Å². The summed E-state index contributed by atoms with van der Waals surface area (Å²) in [6, 6.07) is 15.8. The monoisotopic (exact) mass is 369 g/mol. The van der Waals surface area contributed by atoms with Crippen molar-refractivity contribution in [1.82, 2.24) is 0 Å². The molecule has 0 aromatic heterocycles. The molecule has 2 rings (SSSR count). The molecule has 2 aromatic carbocycles. The van der Waals surface area contributed by atoms with Gasteiger partial charge in [0.15, 0.2) is 6.61 Å². The van der Waals surface area contributed by atoms with Gasteiger partial charge in [-0.3, -0.25) is 9.59 Å². The van der Waals surface area contributed by atoms with Crippen LogP contribution in [0.3, 0.4) is 0 Å². The van der Waals surface area contributed by atoms with Crippen molar-refractivity contribution in [1.29, 1.82) is 0 Å². The van der Waals surface area contributed by atoms with E-state index in [1.54, 1.807) is 31.2 Å². The van der Waals surface area contributed by atoms with Gasteiger partial charge in [-0.05, 0) is 31.0 Å². The van der Waals surface area contributed by atoms with Crippen LogP contribution in [0.2, 0.25) is 0 Å². The standard InChI is InChI=1S/C21H23NO5/c1-3-16(15-10-6-5-7-11-15)20(24)27-14-19(23)22-18-13-9-8-12-17(18)21(25)26-4-2/h5-13,16H,3-4,14H2,1-2H3,(H,22,23)/t16-/m0/s1. The second kappa shape index (κ2) is 10.1. The van der Waals surface area contributed by atoms with Crippen LogP contribution in [-0.4, -0.2) is 31.1 Å². The van der Waals surface area contributed by atoms with Crippen molar-refractivity contribution >= 4 is 23.5 Å². The van der Waals surface area contributed by atoms with Gasteiger partial charge in [0.25, 0.3) is 5.91 Å². The smallest absolute Gasteiger partial charge is 0.340 e. The van der Waals surface area contributed by atoms with E-state index in [9.17, 15) is 14.4 Å². The number of hydrogen-bond acceptors (Lipinski definition) is 5. The van der Waals surface area contributed by atoms with Gasteiger partial charge in [-0.15, -0.1) is 0 Å². The third-order valence-electron chi connectivity index (χ3n) is 3.94. The minimum atomic E-state index is -0.527. The minimum Gasteiger partial charge on any atom is -0.462 e. The van der Waals surface area contributed by atoms with Gasteiger partial charge in [0.1, 0.15) is 0 Å². The summed E-state index contributed by atoms with van der Waals surface area (Å²) in [6.07, 6.45) is 0.566. The Morgan fingerprint density at radius 2 is 1.59 bits per heavy atom. The van der Waals surface area contributed by atoms with Crippen molar-refractivity contribution in [2.45, 2.75) is 26.2 Å². The van der Waals surface area contributed by atoms with Gasteiger partial charge in [-0.25, -0.2) is 4.79 Å². The highest BCUT2D eigenvalue weighted by atomic mass is 16.5. The maximum Gasteiger partial charge on any atom is 0.340 e. The molecule has 0 heterocycles. The molecule has 0 saturated heterocycles. The van der Waals surface area contributed by atoms with Crippen LogP contribution in [0, 0.1) is 0 Å². The van der Waals surface area contributed by atoms with Gasteiger partial charge in [0, 0.05) is 0 Å². The predicted molar refractivity (Wildman–Crippen MR) is 101 cm³/mol. The first-order chi connectivity index (χ1) is 13.1. The van der Waals surface area contributed by atoms with Crippen LogP contribution in [0.15, 0.2) is 54.6 Å². The van der Waals surface area contributed by atoms with Crippen LogP contribution in [0.25, 0.3) is 0 Å². The van der Waals surface area contributed by atoms with E-state index in [1.165, 1.54) is 0 Å². The number of ether oxygens (including phenoxy) is 2. The molecule has 0 unspecified atom stereocenters. The Labute approximate surface area is 158 Å². The van der Waals surface area contributed by atoms with Crippen LogP contribution in [-0.2, 0) is 19.1 Å². The quantitative estimate of drug-likeness (QED) is 0.720.